The molecule has 0 spiro atoms. The smallest absolute Gasteiger partial charge is 0.275 e. The third-order valence-electron chi connectivity index (χ3n) is 6.42. The molecule has 0 bridgehead atoms. The number of anilines is 1. The number of nitrogens with zero attached hydrogens (tertiary/aromatic N) is 4. The fraction of sp³-hybridized carbons (Fsp3) is 0.320. The van der Waals surface area contributed by atoms with Gasteiger partial charge in [-0.1, -0.05) is 24.6 Å². The first kappa shape index (κ1) is 26.1. The number of amides is 1. The number of aliphatic imine (C=N–C) groups is 1. The van der Waals surface area contributed by atoms with E-state index in [1.54, 1.807) is 13.8 Å². The van der Waals surface area contributed by atoms with Crippen molar-refractivity contribution in [1.29, 1.82) is 0 Å². The van der Waals surface area contributed by atoms with Crippen LogP contribution in [0.25, 0.3) is 0 Å². The quantitative estimate of drug-likeness (QED) is 0.443. The molecule has 1 aromatic carbocycles. The number of amidine groups is 1. The minimum Gasteiger partial charge on any atom is -0.463 e. The van der Waals surface area contributed by atoms with Crippen LogP contribution in [0.4, 0.5) is 14.5 Å². The maximum Gasteiger partial charge on any atom is 0.275 e. The summed E-state index contributed by atoms with van der Waals surface area (Å²) in [6.07, 6.45) is 8.91. The van der Waals surface area contributed by atoms with Gasteiger partial charge in [-0.15, -0.1) is 6.42 Å². The highest BCUT2D eigenvalue weighted by Gasteiger charge is 2.55. The zero-order valence-corrected chi connectivity index (χ0v) is 21.1. The number of carbonyl (C=O) groups is 1. The summed E-state index contributed by atoms with van der Waals surface area (Å²) in [4.78, 5) is 29.3. The molecule has 3 heterocycles. The fourth-order valence-electron chi connectivity index (χ4n) is 4.36. The van der Waals surface area contributed by atoms with E-state index in [2.05, 4.69) is 31.2 Å². The SMILES string of the molecule is C#CCOc1cnc(C(=O)Nc2ccc(F)c([C@@]3(CF)N=C(N)S[C@](C)(c4ocnc4C)[C@H]3C)c2)cn1. The largest absolute Gasteiger partial charge is 0.463 e. The number of thioether (sulfide) groups is 1. The second-order valence-corrected chi connectivity index (χ2v) is 10.1. The van der Waals surface area contributed by atoms with Crippen molar-refractivity contribution >= 4 is 28.5 Å². The van der Waals surface area contributed by atoms with Gasteiger partial charge in [-0.3, -0.25) is 4.79 Å². The lowest BCUT2D eigenvalue weighted by molar-refractivity contribution is 0.102. The molecule has 3 N–H and O–H groups in total. The maximum absolute atomic E-state index is 15.3. The van der Waals surface area contributed by atoms with E-state index in [9.17, 15) is 9.18 Å². The van der Waals surface area contributed by atoms with Crippen LogP contribution >= 0.6 is 11.8 Å². The Balaban J connectivity index is 1.68. The average Bonchev–Trinajstić information content (AvgIpc) is 3.33. The van der Waals surface area contributed by atoms with Gasteiger partial charge in [0.05, 0.1) is 22.8 Å². The molecule has 12 heteroatoms. The molecule has 192 valence electrons. The molecule has 1 amide bonds. The lowest BCUT2D eigenvalue weighted by Gasteiger charge is -2.46. The Hall–Kier alpha value is -3.98. The van der Waals surface area contributed by atoms with E-state index >= 15 is 4.39 Å². The van der Waals surface area contributed by atoms with Crippen molar-refractivity contribution < 1.29 is 22.7 Å². The molecule has 37 heavy (non-hydrogen) atoms. The summed E-state index contributed by atoms with van der Waals surface area (Å²) in [5.41, 5.74) is 5.22. The molecule has 1 aliphatic heterocycles. The molecule has 0 radical (unpaired) electrons. The molecule has 0 fully saturated rings. The van der Waals surface area contributed by atoms with E-state index in [4.69, 9.17) is 21.3 Å². The first-order valence-electron chi connectivity index (χ1n) is 11.1. The number of aryl methyl sites for hydroxylation is 1. The van der Waals surface area contributed by atoms with Gasteiger partial charge < -0.3 is 20.2 Å². The van der Waals surface area contributed by atoms with Crippen LogP contribution in [0.15, 0.2) is 46.4 Å². The van der Waals surface area contributed by atoms with Crippen LogP contribution in [-0.2, 0) is 10.3 Å². The van der Waals surface area contributed by atoms with E-state index in [0.29, 0.717) is 11.5 Å². The van der Waals surface area contributed by atoms with Crippen molar-refractivity contribution in [3.8, 4) is 18.2 Å². The number of ether oxygens (including phenoxy) is 1. The number of carbonyl (C=O) groups excluding carboxylic acids is 1. The molecular weight excluding hydrogens is 502 g/mol. The van der Waals surface area contributed by atoms with Crippen molar-refractivity contribution in [3.05, 3.63) is 65.5 Å². The second kappa shape index (κ2) is 10.2. The number of nitrogens with one attached hydrogen (secondary N) is 1. The van der Waals surface area contributed by atoms with Gasteiger partial charge in [-0.25, -0.2) is 28.7 Å². The number of halogens is 2. The van der Waals surface area contributed by atoms with Crippen LogP contribution in [0, 0.1) is 31.0 Å². The highest BCUT2D eigenvalue weighted by Crippen LogP contribution is 2.56. The van der Waals surface area contributed by atoms with Gasteiger partial charge in [0.25, 0.3) is 5.91 Å². The summed E-state index contributed by atoms with van der Waals surface area (Å²) in [6, 6.07) is 3.85. The number of nitrogens with two attached hydrogens (primary N) is 1. The summed E-state index contributed by atoms with van der Waals surface area (Å²) >= 11 is 1.20. The standard InChI is InChI=1S/C25H24F2N6O3S/c1-5-8-35-20-11-29-19(10-30-20)22(34)32-16-6-7-18(27)17(9-16)25(12-26)15(3)24(4,37-23(28)33-25)21-14(2)31-13-36-21/h1,6-7,9-11,13,15H,8,12H2,2-4H3,(H2,28,33)(H,32,34)/t15-,24+,25+/m1/s1. The highest BCUT2D eigenvalue weighted by molar-refractivity contribution is 8.14. The zero-order chi connectivity index (χ0) is 26.8. The number of alkyl halides is 1. The molecule has 4 rings (SSSR count). The maximum atomic E-state index is 15.3. The number of hydrogen-bond acceptors (Lipinski definition) is 9. The summed E-state index contributed by atoms with van der Waals surface area (Å²) < 4.78 is 40.1. The third-order valence-corrected chi connectivity index (χ3v) is 7.69. The van der Waals surface area contributed by atoms with Crippen molar-refractivity contribution in [3.63, 3.8) is 0 Å². The number of rotatable bonds is 7. The van der Waals surface area contributed by atoms with E-state index in [1.165, 1.54) is 42.7 Å². The molecular formula is C25H24F2N6O3S. The summed E-state index contributed by atoms with van der Waals surface area (Å²) in [5.74, 6) is 1.02. The Labute approximate surface area is 216 Å². The minimum atomic E-state index is -1.69. The highest BCUT2D eigenvalue weighted by atomic mass is 32.2. The number of benzene rings is 1. The lowest BCUT2D eigenvalue weighted by atomic mass is 9.72. The fourth-order valence-corrected chi connectivity index (χ4v) is 5.67. The van der Waals surface area contributed by atoms with E-state index in [-0.39, 0.29) is 34.6 Å². The molecule has 1 aliphatic rings. The van der Waals surface area contributed by atoms with Crippen LogP contribution in [0.5, 0.6) is 5.88 Å². The first-order chi connectivity index (χ1) is 17.6. The predicted molar refractivity (Wildman–Crippen MR) is 135 cm³/mol. The van der Waals surface area contributed by atoms with Gasteiger partial charge in [0.2, 0.25) is 5.88 Å². The Morgan fingerprint density at radius 3 is 2.76 bits per heavy atom. The minimum absolute atomic E-state index is 0.00781. The van der Waals surface area contributed by atoms with Crippen LogP contribution < -0.4 is 15.8 Å². The molecule has 0 unspecified atom stereocenters. The molecule has 3 aromatic rings. The molecule has 2 aromatic heterocycles. The van der Waals surface area contributed by atoms with Gasteiger partial charge in [-0.2, -0.15) is 0 Å². The molecule has 0 aliphatic carbocycles. The first-order valence-corrected chi connectivity index (χ1v) is 12.0. The van der Waals surface area contributed by atoms with Crippen LogP contribution in [-0.4, -0.2) is 39.3 Å². The Morgan fingerprint density at radius 1 is 1.35 bits per heavy atom. The number of hydrogen-bond donors (Lipinski definition) is 2. The molecule has 3 atom stereocenters. The van der Waals surface area contributed by atoms with Gasteiger partial charge in [0.15, 0.2) is 18.2 Å². The third kappa shape index (κ3) is 4.74. The van der Waals surface area contributed by atoms with Gasteiger partial charge >= 0.3 is 0 Å². The van der Waals surface area contributed by atoms with Gasteiger partial charge in [-0.05, 0) is 32.0 Å². The van der Waals surface area contributed by atoms with Crippen LogP contribution in [0.2, 0.25) is 0 Å². The summed E-state index contributed by atoms with van der Waals surface area (Å²) in [7, 11) is 0. The van der Waals surface area contributed by atoms with Gasteiger partial charge in [0.1, 0.15) is 29.5 Å². The van der Waals surface area contributed by atoms with E-state index in [0.717, 1.165) is 6.07 Å². The summed E-state index contributed by atoms with van der Waals surface area (Å²) in [5, 5.41) is 2.71. The Morgan fingerprint density at radius 2 is 2.14 bits per heavy atom. The molecule has 0 saturated heterocycles. The monoisotopic (exact) mass is 526 g/mol. The number of aromatic nitrogens is 3. The summed E-state index contributed by atoms with van der Waals surface area (Å²) in [6.45, 7) is 4.32. The van der Waals surface area contributed by atoms with Crippen molar-refractivity contribution in [2.75, 3.05) is 18.6 Å². The molecule has 0 saturated carbocycles. The average molecular weight is 527 g/mol. The molecule has 9 nitrogen and oxygen atoms in total. The van der Waals surface area contributed by atoms with Gasteiger partial charge in [0, 0.05) is 17.2 Å². The predicted octanol–water partition coefficient (Wildman–Crippen LogP) is 3.95. The number of terminal acetylenes is 1. The van der Waals surface area contributed by atoms with E-state index in [1.807, 2.05) is 6.92 Å². The normalized spacial score (nSPS) is 23.1. The zero-order valence-electron chi connectivity index (χ0n) is 20.3. The lowest BCUT2D eigenvalue weighted by Crippen LogP contribution is -2.50. The van der Waals surface area contributed by atoms with Crippen molar-refractivity contribution in [2.24, 2.45) is 16.6 Å². The van der Waals surface area contributed by atoms with E-state index < -0.39 is 34.6 Å². The second-order valence-electron chi connectivity index (χ2n) is 8.59. The van der Waals surface area contributed by atoms with Crippen molar-refractivity contribution in [1.82, 2.24) is 15.0 Å². The number of oxazole rings is 1. The van der Waals surface area contributed by atoms with Crippen LogP contribution in [0.3, 0.4) is 0 Å². The van der Waals surface area contributed by atoms with Crippen molar-refractivity contribution in [2.45, 2.75) is 31.1 Å². The Bertz CT molecular complexity index is 1390. The topological polar surface area (TPSA) is 129 Å². The van der Waals surface area contributed by atoms with Crippen LogP contribution in [0.1, 0.15) is 41.4 Å². The Kier molecular flexibility index (Phi) is 7.18.